The number of hydrogen-bond acceptors (Lipinski definition) is 10. The van der Waals surface area contributed by atoms with Crippen LogP contribution >= 0.6 is 40.8 Å². The van der Waals surface area contributed by atoms with Crippen molar-refractivity contribution in [3.05, 3.63) is 93.0 Å². The Morgan fingerprint density at radius 1 is 1.04 bits per heavy atom. The Morgan fingerprint density at radius 2 is 1.79 bits per heavy atom. The average molecular weight is 721 g/mol. The van der Waals surface area contributed by atoms with Gasteiger partial charge in [-0.15, -0.1) is 0 Å². The first-order valence-electron chi connectivity index (χ1n) is 15.5. The van der Waals surface area contributed by atoms with Crippen LogP contribution in [-0.2, 0) is 29.6 Å². The summed E-state index contributed by atoms with van der Waals surface area (Å²) in [6.45, 7) is 12.7. The van der Waals surface area contributed by atoms with Crippen molar-refractivity contribution in [1.29, 1.82) is 0 Å². The van der Waals surface area contributed by atoms with E-state index in [4.69, 9.17) is 34.9 Å². The van der Waals surface area contributed by atoms with Crippen LogP contribution in [0.25, 0.3) is 0 Å². The molecule has 12 heteroatoms. The summed E-state index contributed by atoms with van der Waals surface area (Å²) < 4.78 is 41.7. The highest BCUT2D eigenvalue weighted by molar-refractivity contribution is 8.82. The highest BCUT2D eigenvalue weighted by Gasteiger charge is 2.35. The van der Waals surface area contributed by atoms with E-state index < -0.39 is 18.9 Å². The zero-order valence-corrected chi connectivity index (χ0v) is 30.9. The van der Waals surface area contributed by atoms with Gasteiger partial charge in [-0.3, -0.25) is 13.9 Å². The minimum Gasteiger partial charge on any atom is -0.481 e. The molecule has 3 aromatic rings. The molecule has 1 saturated heterocycles. The molecule has 1 heterocycles. The molecular formula is C35H42ClO8PS2. The van der Waals surface area contributed by atoms with E-state index in [2.05, 4.69) is 19.9 Å². The molecule has 3 aromatic carbocycles. The summed E-state index contributed by atoms with van der Waals surface area (Å²) in [4.78, 5) is 24.3. The highest BCUT2D eigenvalue weighted by Crippen LogP contribution is 2.56. The van der Waals surface area contributed by atoms with E-state index >= 15 is 0 Å². The first-order chi connectivity index (χ1) is 22.3. The lowest BCUT2D eigenvalue weighted by atomic mass is 9.93. The van der Waals surface area contributed by atoms with Crippen LogP contribution in [0.3, 0.4) is 0 Å². The first-order valence-corrected chi connectivity index (χ1v) is 19.9. The van der Waals surface area contributed by atoms with Gasteiger partial charge < -0.3 is 18.7 Å². The zero-order valence-electron chi connectivity index (χ0n) is 27.6. The molecule has 0 aromatic heterocycles. The van der Waals surface area contributed by atoms with Gasteiger partial charge in [-0.05, 0) is 95.8 Å². The third-order valence-electron chi connectivity index (χ3n) is 7.37. The van der Waals surface area contributed by atoms with Crippen molar-refractivity contribution >= 4 is 52.1 Å². The minimum atomic E-state index is -3.48. The molecule has 1 fully saturated rings. The summed E-state index contributed by atoms with van der Waals surface area (Å²) in [6, 6.07) is 17.1. The molecule has 2 atom stereocenters. The zero-order chi connectivity index (χ0) is 34.1. The Balaban J connectivity index is 1.36. The molecule has 8 nitrogen and oxygen atoms in total. The topological polar surface area (TPSA) is 97.4 Å². The number of rotatable bonds is 13. The number of aryl methyl sites for hydroxylation is 2. The third kappa shape index (κ3) is 11.3. The Labute approximate surface area is 290 Å². The van der Waals surface area contributed by atoms with Gasteiger partial charge in [0.05, 0.1) is 19.3 Å². The molecule has 0 saturated carbocycles. The van der Waals surface area contributed by atoms with Gasteiger partial charge in [-0.1, -0.05) is 74.4 Å². The Hall–Kier alpha value is -2.46. The first kappa shape index (κ1) is 37.4. The summed E-state index contributed by atoms with van der Waals surface area (Å²) in [5.41, 5.74) is 6.07. The summed E-state index contributed by atoms with van der Waals surface area (Å²) in [7, 11) is -1.49. The molecule has 2 unspecified atom stereocenters. The van der Waals surface area contributed by atoms with Crippen LogP contribution in [0.2, 0.25) is 5.02 Å². The van der Waals surface area contributed by atoms with Crippen molar-refractivity contribution in [3.63, 3.8) is 0 Å². The van der Waals surface area contributed by atoms with E-state index in [1.807, 2.05) is 70.2 Å². The van der Waals surface area contributed by atoms with E-state index in [0.29, 0.717) is 42.6 Å². The summed E-state index contributed by atoms with van der Waals surface area (Å²) >= 11 is 6.14. The van der Waals surface area contributed by atoms with Crippen LogP contribution < -0.4 is 9.47 Å². The lowest BCUT2D eigenvalue weighted by Gasteiger charge is -2.30. The molecule has 0 radical (unpaired) electrons. The fourth-order valence-electron chi connectivity index (χ4n) is 5.04. The predicted molar refractivity (Wildman–Crippen MR) is 190 cm³/mol. The van der Waals surface area contributed by atoms with Gasteiger partial charge in [0, 0.05) is 22.2 Å². The molecule has 0 spiro atoms. The van der Waals surface area contributed by atoms with Crippen molar-refractivity contribution in [1.82, 2.24) is 0 Å². The third-order valence-corrected chi connectivity index (χ3v) is 11.0. The summed E-state index contributed by atoms with van der Waals surface area (Å²) in [6.07, 6.45) is 0.674. The SMILES string of the molecule is Cc1cc(OCP2(=O)OCCC(c3cccc(Cl)c3)O2)cc(C)c1Cc1ccc(OC(=O)CSSC(=O)OCC(C)C)c(C(C)C)c1. The van der Waals surface area contributed by atoms with E-state index in [9.17, 15) is 14.2 Å². The van der Waals surface area contributed by atoms with Crippen LogP contribution in [0.1, 0.15) is 79.5 Å². The van der Waals surface area contributed by atoms with Crippen molar-refractivity contribution in [2.24, 2.45) is 5.92 Å². The monoisotopic (exact) mass is 720 g/mol. The fraction of sp³-hybridized carbons (Fsp3) is 0.429. The molecule has 254 valence electrons. The van der Waals surface area contributed by atoms with Crippen molar-refractivity contribution in [2.45, 2.75) is 66.4 Å². The summed E-state index contributed by atoms with van der Waals surface area (Å²) in [5, 5.41) is 0.178. The Kier molecular flexibility index (Phi) is 13.7. The van der Waals surface area contributed by atoms with Gasteiger partial charge in [0.25, 0.3) is 0 Å². The molecule has 0 bridgehead atoms. The van der Waals surface area contributed by atoms with Crippen molar-refractivity contribution in [2.75, 3.05) is 25.3 Å². The largest absolute Gasteiger partial charge is 0.481 e. The van der Waals surface area contributed by atoms with Crippen LogP contribution in [0.4, 0.5) is 4.79 Å². The number of benzene rings is 3. The maximum absolute atomic E-state index is 13.4. The van der Waals surface area contributed by atoms with Gasteiger partial charge in [0.1, 0.15) is 17.3 Å². The Morgan fingerprint density at radius 3 is 2.47 bits per heavy atom. The van der Waals surface area contributed by atoms with Gasteiger partial charge >= 0.3 is 18.9 Å². The van der Waals surface area contributed by atoms with Crippen LogP contribution in [0, 0.1) is 19.8 Å². The van der Waals surface area contributed by atoms with Crippen LogP contribution in [-0.4, -0.2) is 36.6 Å². The number of hydrogen-bond donors (Lipinski definition) is 0. The second-order valence-electron chi connectivity index (χ2n) is 12.2. The van der Waals surface area contributed by atoms with Gasteiger partial charge in [-0.25, -0.2) is 4.79 Å². The normalized spacial score (nSPS) is 17.9. The number of halogens is 1. The molecule has 4 rings (SSSR count). The quantitative estimate of drug-likeness (QED) is 0.0734. The molecule has 0 amide bonds. The van der Waals surface area contributed by atoms with E-state index in [0.717, 1.165) is 55.0 Å². The number of esters is 1. The minimum absolute atomic E-state index is 0.0176. The van der Waals surface area contributed by atoms with E-state index in [1.165, 1.54) is 0 Å². The molecule has 1 aliphatic heterocycles. The maximum Gasteiger partial charge on any atom is 0.378 e. The van der Waals surface area contributed by atoms with Gasteiger partial charge in [0.2, 0.25) is 0 Å². The van der Waals surface area contributed by atoms with Crippen molar-refractivity contribution in [3.8, 4) is 11.5 Å². The molecule has 47 heavy (non-hydrogen) atoms. The summed E-state index contributed by atoms with van der Waals surface area (Å²) in [5.74, 6) is 1.06. The number of carbonyl (C=O) groups is 2. The van der Waals surface area contributed by atoms with Crippen molar-refractivity contribution < 1.29 is 37.4 Å². The number of ether oxygens (including phenoxy) is 3. The second kappa shape index (κ2) is 17.3. The highest BCUT2D eigenvalue weighted by atomic mass is 35.5. The molecule has 1 aliphatic rings. The second-order valence-corrected chi connectivity index (χ2v) is 16.8. The Bertz CT molecular complexity index is 1590. The smallest absolute Gasteiger partial charge is 0.378 e. The predicted octanol–water partition coefficient (Wildman–Crippen LogP) is 10.5. The molecule has 0 N–H and O–H groups in total. The fourth-order valence-corrected chi connectivity index (χ4v) is 8.07. The van der Waals surface area contributed by atoms with Gasteiger partial charge in [0.15, 0.2) is 6.35 Å². The van der Waals surface area contributed by atoms with E-state index in [-0.39, 0.29) is 30.0 Å². The number of carbonyl (C=O) groups excluding carboxylic acids is 2. The maximum atomic E-state index is 13.4. The molecular weight excluding hydrogens is 679 g/mol. The average Bonchev–Trinajstić information content (AvgIpc) is 3.01. The van der Waals surface area contributed by atoms with Crippen LogP contribution in [0.15, 0.2) is 54.6 Å². The van der Waals surface area contributed by atoms with Crippen LogP contribution in [0.5, 0.6) is 11.5 Å². The standard InChI is InChI=1S/C35H42ClO8PS2/c1-22(2)19-40-35(38)47-46-20-34(37)43-33-11-10-26(16-30(33)23(3)4)17-31-24(5)14-29(15-25(31)6)41-21-45(39)42-13-12-32(44-45)27-8-7-9-28(36)18-27/h7-11,14-16,18,22-23,32H,12-13,17,19-21H2,1-6H3. The lowest BCUT2D eigenvalue weighted by Crippen LogP contribution is -2.17. The van der Waals surface area contributed by atoms with E-state index in [1.54, 1.807) is 6.07 Å². The lowest BCUT2D eigenvalue weighted by molar-refractivity contribution is -0.131. The van der Waals surface area contributed by atoms with Gasteiger partial charge in [-0.2, -0.15) is 0 Å². The molecule has 0 aliphatic carbocycles.